The molecule has 0 radical (unpaired) electrons. The van der Waals surface area contributed by atoms with Gasteiger partial charge in [-0.3, -0.25) is 9.80 Å². The van der Waals surface area contributed by atoms with E-state index in [2.05, 4.69) is 60.9 Å². The van der Waals surface area contributed by atoms with Gasteiger partial charge >= 0.3 is 5.97 Å². The van der Waals surface area contributed by atoms with Gasteiger partial charge in [-0.15, -0.1) is 11.8 Å². The Morgan fingerprint density at radius 1 is 0.950 bits per heavy atom. The summed E-state index contributed by atoms with van der Waals surface area (Å²) in [6.45, 7) is 9.32. The molecule has 5 rings (SSSR count). The number of hydrogen-bond acceptors (Lipinski definition) is 6. The van der Waals surface area contributed by atoms with Gasteiger partial charge in [0.15, 0.2) is 0 Å². The number of rotatable bonds is 11. The van der Waals surface area contributed by atoms with Crippen molar-refractivity contribution in [3.8, 4) is 5.75 Å². The number of carbonyl (C=O) groups is 1. The van der Waals surface area contributed by atoms with Crippen LogP contribution in [0, 0.1) is 0 Å². The minimum atomic E-state index is -0.593. The van der Waals surface area contributed by atoms with Gasteiger partial charge in [0.1, 0.15) is 5.75 Å². The zero-order valence-electron chi connectivity index (χ0n) is 23.9. The van der Waals surface area contributed by atoms with Gasteiger partial charge in [-0.05, 0) is 93.2 Å². The number of fused-ring (bicyclic) bond motifs is 2. The summed E-state index contributed by atoms with van der Waals surface area (Å²) in [5.41, 5.74) is 2.57. The van der Waals surface area contributed by atoms with Crippen LogP contribution in [0.15, 0.2) is 83.8 Å². The molecule has 0 aliphatic carbocycles. The summed E-state index contributed by atoms with van der Waals surface area (Å²) >= 11 is 2.01. The number of esters is 1. The Hall–Kier alpha value is -2.64. The van der Waals surface area contributed by atoms with Crippen LogP contribution < -0.4 is 4.74 Å². The lowest BCUT2D eigenvalue weighted by atomic mass is 9.95. The summed E-state index contributed by atoms with van der Waals surface area (Å²) in [7, 11) is 0. The van der Waals surface area contributed by atoms with E-state index in [4.69, 9.17) is 4.74 Å². The predicted octanol–water partition coefficient (Wildman–Crippen LogP) is 6.96. The van der Waals surface area contributed by atoms with Crippen molar-refractivity contribution in [2.24, 2.45) is 0 Å². The highest BCUT2D eigenvalue weighted by Gasteiger charge is 2.44. The molecule has 6 heteroatoms. The van der Waals surface area contributed by atoms with E-state index in [-0.39, 0.29) is 12.0 Å². The van der Waals surface area contributed by atoms with E-state index in [9.17, 15) is 9.90 Å². The third-order valence-electron chi connectivity index (χ3n) is 8.64. The second-order valence-corrected chi connectivity index (χ2v) is 12.5. The molecule has 1 N–H and O–H groups in total. The SMILES string of the molecule is CCN(CC)Cc1ccc(C(=O)Oc2ccc([C@@H](O)[C@H](C)N3C4CCC3CC(Sc3ccccc3)C4)cc2)cc1. The molecule has 2 saturated heterocycles. The lowest BCUT2D eigenvalue weighted by molar-refractivity contribution is 0.0115. The Kier molecular flexibility index (Phi) is 9.63. The van der Waals surface area contributed by atoms with Crippen LogP contribution in [0.2, 0.25) is 0 Å². The minimum Gasteiger partial charge on any atom is -0.423 e. The first kappa shape index (κ1) is 28.9. The molecule has 2 heterocycles. The van der Waals surface area contributed by atoms with E-state index < -0.39 is 6.10 Å². The molecule has 212 valence electrons. The lowest BCUT2D eigenvalue weighted by Gasteiger charge is -2.43. The van der Waals surface area contributed by atoms with Gasteiger partial charge in [0.2, 0.25) is 0 Å². The fourth-order valence-electron chi connectivity index (χ4n) is 6.41. The van der Waals surface area contributed by atoms with Crippen LogP contribution >= 0.6 is 11.8 Å². The zero-order valence-corrected chi connectivity index (χ0v) is 24.7. The van der Waals surface area contributed by atoms with Gasteiger partial charge in [-0.1, -0.05) is 56.3 Å². The van der Waals surface area contributed by atoms with Crippen LogP contribution in [0.3, 0.4) is 0 Å². The van der Waals surface area contributed by atoms with Gasteiger partial charge in [-0.2, -0.15) is 0 Å². The van der Waals surface area contributed by atoms with Crippen LogP contribution in [0.4, 0.5) is 0 Å². The van der Waals surface area contributed by atoms with Gasteiger partial charge in [0, 0.05) is 34.8 Å². The first-order valence-electron chi connectivity index (χ1n) is 14.8. The lowest BCUT2D eigenvalue weighted by Crippen LogP contribution is -2.50. The van der Waals surface area contributed by atoms with Crippen molar-refractivity contribution in [2.45, 2.75) is 87.4 Å². The highest BCUT2D eigenvalue weighted by Crippen LogP contribution is 2.44. The van der Waals surface area contributed by atoms with E-state index in [0.717, 1.165) is 25.2 Å². The molecule has 2 aliphatic heterocycles. The van der Waals surface area contributed by atoms with Crippen molar-refractivity contribution < 1.29 is 14.6 Å². The maximum absolute atomic E-state index is 12.7. The number of aliphatic hydroxyl groups is 1. The van der Waals surface area contributed by atoms with E-state index in [1.54, 1.807) is 12.1 Å². The van der Waals surface area contributed by atoms with Gasteiger partial charge in [0.25, 0.3) is 0 Å². The molecule has 2 aliphatic rings. The average molecular weight is 559 g/mol. The Balaban J connectivity index is 1.16. The number of carbonyl (C=O) groups excluding carboxylic acids is 1. The highest BCUT2D eigenvalue weighted by molar-refractivity contribution is 8.00. The van der Waals surface area contributed by atoms with Gasteiger partial charge in [-0.25, -0.2) is 4.79 Å². The smallest absolute Gasteiger partial charge is 0.343 e. The molecule has 2 bridgehead atoms. The van der Waals surface area contributed by atoms with E-state index in [1.165, 1.54) is 36.1 Å². The van der Waals surface area contributed by atoms with Crippen molar-refractivity contribution in [2.75, 3.05) is 13.1 Å². The highest BCUT2D eigenvalue weighted by atomic mass is 32.2. The third-order valence-corrected chi connectivity index (χ3v) is 9.90. The third kappa shape index (κ3) is 6.80. The Morgan fingerprint density at radius 3 is 2.17 bits per heavy atom. The Labute approximate surface area is 243 Å². The molecule has 0 amide bonds. The second-order valence-electron chi connectivity index (χ2n) is 11.2. The van der Waals surface area contributed by atoms with Crippen LogP contribution in [0.25, 0.3) is 0 Å². The second kappa shape index (κ2) is 13.3. The Bertz CT molecular complexity index is 1220. The molecule has 3 aromatic carbocycles. The average Bonchev–Trinajstić information content (AvgIpc) is 3.26. The number of thioether (sulfide) groups is 1. The van der Waals surface area contributed by atoms with Crippen LogP contribution in [0.5, 0.6) is 5.75 Å². The quantitative estimate of drug-likeness (QED) is 0.203. The predicted molar refractivity (Wildman–Crippen MR) is 163 cm³/mol. The molecular formula is C34H42N2O3S. The van der Waals surface area contributed by atoms with Gasteiger partial charge < -0.3 is 9.84 Å². The number of hydrogen-bond donors (Lipinski definition) is 1. The van der Waals surface area contributed by atoms with E-state index >= 15 is 0 Å². The minimum absolute atomic E-state index is 0.0310. The van der Waals surface area contributed by atoms with Gasteiger partial charge in [0.05, 0.1) is 11.7 Å². The first-order chi connectivity index (χ1) is 19.4. The molecule has 2 fully saturated rings. The fourth-order valence-corrected chi connectivity index (χ4v) is 7.74. The van der Waals surface area contributed by atoms with Crippen molar-refractivity contribution >= 4 is 17.7 Å². The largest absolute Gasteiger partial charge is 0.423 e. The van der Waals surface area contributed by atoms with Crippen molar-refractivity contribution in [1.29, 1.82) is 0 Å². The zero-order chi connectivity index (χ0) is 28.1. The molecule has 0 saturated carbocycles. The molecule has 2 unspecified atom stereocenters. The number of aliphatic hydroxyl groups excluding tert-OH is 1. The first-order valence-corrected chi connectivity index (χ1v) is 15.6. The summed E-state index contributed by atoms with van der Waals surface area (Å²) in [6.07, 6.45) is 4.15. The number of piperidine rings is 1. The van der Waals surface area contributed by atoms with Crippen LogP contribution in [-0.2, 0) is 6.54 Å². The molecule has 5 nitrogen and oxygen atoms in total. The normalized spacial score (nSPS) is 22.3. The summed E-state index contributed by atoms with van der Waals surface area (Å²) in [6, 6.07) is 26.8. The summed E-state index contributed by atoms with van der Waals surface area (Å²) in [4.78, 5) is 19.0. The molecule has 40 heavy (non-hydrogen) atoms. The standard InChI is InChI=1S/C34H42N2O3S/c1-4-35(5-2)23-25-11-13-27(14-12-25)34(38)39-30-19-15-26(16-20-30)33(37)24(3)36-28-17-18-29(36)22-32(21-28)40-31-9-7-6-8-10-31/h6-16,19-20,24,28-29,32-33,37H,4-5,17-18,21-23H2,1-3H3/t24-,28?,29?,32?,33-/m0/s1. The topological polar surface area (TPSA) is 53.0 Å². The summed E-state index contributed by atoms with van der Waals surface area (Å²) in [5, 5.41) is 12.0. The molecule has 0 aromatic heterocycles. The van der Waals surface area contributed by atoms with E-state index in [1.807, 2.05) is 48.2 Å². The number of benzene rings is 3. The number of ether oxygens (including phenoxy) is 1. The maximum atomic E-state index is 12.7. The Morgan fingerprint density at radius 2 is 1.57 bits per heavy atom. The van der Waals surface area contributed by atoms with Crippen LogP contribution in [0.1, 0.15) is 74.0 Å². The monoisotopic (exact) mass is 558 g/mol. The molecule has 4 atom stereocenters. The van der Waals surface area contributed by atoms with Crippen molar-refractivity contribution in [3.05, 3.63) is 95.6 Å². The van der Waals surface area contributed by atoms with E-state index in [0.29, 0.717) is 28.6 Å². The summed E-state index contributed by atoms with van der Waals surface area (Å²) in [5.74, 6) is 0.114. The molecule has 3 aromatic rings. The maximum Gasteiger partial charge on any atom is 0.343 e. The molecule has 0 spiro atoms. The van der Waals surface area contributed by atoms with Crippen molar-refractivity contribution in [1.82, 2.24) is 9.80 Å². The van der Waals surface area contributed by atoms with Crippen molar-refractivity contribution in [3.63, 3.8) is 0 Å². The summed E-state index contributed by atoms with van der Waals surface area (Å²) < 4.78 is 5.64. The number of nitrogens with zero attached hydrogens (tertiary/aromatic N) is 2. The molecular weight excluding hydrogens is 516 g/mol. The fraction of sp³-hybridized carbons (Fsp3) is 0.441. The van der Waals surface area contributed by atoms with Crippen LogP contribution in [-0.4, -0.2) is 57.3 Å².